The van der Waals surface area contributed by atoms with E-state index in [4.69, 9.17) is 0 Å². The zero-order chi connectivity index (χ0) is 24.0. The third-order valence-corrected chi connectivity index (χ3v) is 6.46. The molecule has 1 aliphatic rings. The van der Waals surface area contributed by atoms with Crippen LogP contribution in [0.3, 0.4) is 0 Å². The Kier molecular flexibility index (Phi) is 8.40. The molecular formula is C23H21F2N3O3S2. The van der Waals surface area contributed by atoms with Crippen LogP contribution in [0.1, 0.15) is 23.7 Å². The molecule has 1 N–H and O–H groups in total. The van der Waals surface area contributed by atoms with E-state index in [-0.39, 0.29) is 30.6 Å². The molecule has 1 unspecified atom stereocenters. The zero-order valence-electron chi connectivity index (χ0n) is 17.7. The predicted octanol–water partition coefficient (Wildman–Crippen LogP) is 5.35. The van der Waals surface area contributed by atoms with Gasteiger partial charge in [-0.25, -0.2) is 4.99 Å². The molecule has 1 heterocycles. The van der Waals surface area contributed by atoms with Crippen molar-refractivity contribution < 1.29 is 23.2 Å². The van der Waals surface area contributed by atoms with Crippen LogP contribution in [0.15, 0.2) is 71.1 Å². The Morgan fingerprint density at radius 2 is 1.88 bits per heavy atom. The number of ketones is 1. The van der Waals surface area contributed by atoms with Gasteiger partial charge < -0.3 is 5.32 Å². The molecule has 0 spiro atoms. The summed E-state index contributed by atoms with van der Waals surface area (Å²) >= 11 is 1.61. The predicted molar refractivity (Wildman–Crippen MR) is 128 cm³/mol. The number of thioether (sulfide) groups is 2. The number of hydrogen-bond donors (Lipinski definition) is 1. The quantitative estimate of drug-likeness (QED) is 0.292. The highest BCUT2D eigenvalue weighted by atomic mass is 32.2. The minimum atomic E-state index is -2.51. The van der Waals surface area contributed by atoms with Crippen LogP contribution in [0.5, 0.6) is 0 Å². The van der Waals surface area contributed by atoms with Crippen LogP contribution in [0.2, 0.25) is 0 Å². The lowest BCUT2D eigenvalue weighted by molar-refractivity contribution is -0.127. The highest BCUT2D eigenvalue weighted by Crippen LogP contribution is 2.33. The van der Waals surface area contributed by atoms with E-state index in [1.807, 2.05) is 0 Å². The molecule has 1 saturated heterocycles. The number of amidine groups is 1. The third-order valence-electron chi connectivity index (χ3n) is 4.56. The summed E-state index contributed by atoms with van der Waals surface area (Å²) in [7, 11) is 0. The number of carbonyl (C=O) groups excluding carboxylic acids is 3. The second-order valence-electron chi connectivity index (χ2n) is 7.00. The normalized spacial score (nSPS) is 17.0. The molecule has 1 fully saturated rings. The fourth-order valence-corrected chi connectivity index (χ4v) is 4.67. The van der Waals surface area contributed by atoms with Crippen molar-refractivity contribution in [1.82, 2.24) is 4.90 Å². The molecular weight excluding hydrogens is 468 g/mol. The lowest BCUT2D eigenvalue weighted by Gasteiger charge is -2.14. The largest absolute Gasteiger partial charge is 0.326 e. The number of halogens is 2. The number of nitrogens with one attached hydrogen (secondary N) is 1. The van der Waals surface area contributed by atoms with Gasteiger partial charge in [0.15, 0.2) is 11.0 Å². The van der Waals surface area contributed by atoms with Crippen LogP contribution < -0.4 is 5.32 Å². The first-order valence-electron chi connectivity index (χ1n) is 9.90. The van der Waals surface area contributed by atoms with Gasteiger partial charge in [0.25, 0.3) is 5.76 Å². The number of benzene rings is 2. The smallest absolute Gasteiger partial charge is 0.288 e. The minimum absolute atomic E-state index is 0.0609. The van der Waals surface area contributed by atoms with Gasteiger partial charge in [-0.3, -0.25) is 19.3 Å². The number of alkyl halides is 2. The van der Waals surface area contributed by atoms with Gasteiger partial charge in [-0.1, -0.05) is 29.6 Å². The molecule has 172 valence electrons. The number of nitrogens with zero attached hydrogens (tertiary/aromatic N) is 2. The summed E-state index contributed by atoms with van der Waals surface area (Å²) in [6.07, 6.45) is 1.50. The van der Waals surface area contributed by atoms with E-state index in [0.717, 1.165) is 0 Å². The van der Waals surface area contributed by atoms with Gasteiger partial charge in [0.05, 0.1) is 5.69 Å². The number of Topliss-reactive ketones (excluding diaryl/α,β-unsaturated/α-hetero) is 1. The Bertz CT molecular complexity index is 1070. The summed E-state index contributed by atoms with van der Waals surface area (Å²) in [5.41, 5.74) is 1.57. The summed E-state index contributed by atoms with van der Waals surface area (Å²) in [5.74, 6) is -3.18. The average molecular weight is 490 g/mol. The van der Waals surface area contributed by atoms with Gasteiger partial charge in [-0.2, -0.15) is 8.78 Å². The number of carbonyl (C=O) groups is 3. The Morgan fingerprint density at radius 1 is 1.21 bits per heavy atom. The minimum Gasteiger partial charge on any atom is -0.326 e. The lowest BCUT2D eigenvalue weighted by atomic mass is 10.1. The molecule has 0 aromatic heterocycles. The summed E-state index contributed by atoms with van der Waals surface area (Å²) < 4.78 is 25.0. The van der Waals surface area contributed by atoms with Crippen molar-refractivity contribution >= 4 is 57.7 Å². The van der Waals surface area contributed by atoms with E-state index in [2.05, 4.69) is 16.9 Å². The Balaban J connectivity index is 1.69. The number of anilines is 1. The standard InChI is InChI=1S/C23H21F2N3O3S2/c1-3-12-28-21(31)19(13-20(30)26-16-6-4-15(5-7-16)14(2)29)33-23(28)27-17-8-10-18(11-9-17)32-22(24)25/h3-11,19,22H,1,12-13H2,2H3,(H,26,30). The second-order valence-corrected chi connectivity index (χ2v) is 9.23. The zero-order valence-corrected chi connectivity index (χ0v) is 19.3. The van der Waals surface area contributed by atoms with Crippen LogP contribution in [0, 0.1) is 0 Å². The van der Waals surface area contributed by atoms with E-state index < -0.39 is 11.0 Å². The van der Waals surface area contributed by atoms with Gasteiger partial charge in [0.1, 0.15) is 5.25 Å². The third kappa shape index (κ3) is 6.75. The maximum absolute atomic E-state index is 12.9. The first kappa shape index (κ1) is 24.7. The van der Waals surface area contributed by atoms with Gasteiger partial charge in [0.2, 0.25) is 11.8 Å². The monoisotopic (exact) mass is 489 g/mol. The number of amides is 2. The van der Waals surface area contributed by atoms with Gasteiger partial charge >= 0.3 is 0 Å². The first-order chi connectivity index (χ1) is 15.8. The highest BCUT2D eigenvalue weighted by molar-refractivity contribution is 8.15. The molecule has 10 heteroatoms. The van der Waals surface area contributed by atoms with Crippen molar-refractivity contribution in [3.05, 3.63) is 66.7 Å². The van der Waals surface area contributed by atoms with E-state index in [9.17, 15) is 23.2 Å². The van der Waals surface area contributed by atoms with E-state index in [1.165, 1.54) is 35.7 Å². The van der Waals surface area contributed by atoms with Crippen LogP contribution in [-0.4, -0.2) is 45.2 Å². The van der Waals surface area contributed by atoms with Gasteiger partial charge in [-0.05, 0) is 55.5 Å². The fourth-order valence-electron chi connectivity index (χ4n) is 3.00. The molecule has 2 aromatic carbocycles. The fraction of sp³-hybridized carbons (Fsp3) is 0.217. The molecule has 0 radical (unpaired) electrons. The molecule has 33 heavy (non-hydrogen) atoms. The molecule has 1 atom stereocenters. The van der Waals surface area contributed by atoms with Crippen molar-refractivity contribution in [2.24, 2.45) is 4.99 Å². The summed E-state index contributed by atoms with van der Waals surface area (Å²) in [4.78, 5) is 43.1. The van der Waals surface area contributed by atoms with E-state index >= 15 is 0 Å². The van der Waals surface area contributed by atoms with Crippen LogP contribution in [0.4, 0.5) is 20.2 Å². The summed E-state index contributed by atoms with van der Waals surface area (Å²) in [6.45, 7) is 5.36. The Morgan fingerprint density at radius 3 is 2.45 bits per heavy atom. The summed E-state index contributed by atoms with van der Waals surface area (Å²) in [5, 5.41) is 2.49. The Labute approximate surface area is 198 Å². The van der Waals surface area contributed by atoms with Crippen molar-refractivity contribution in [2.45, 2.75) is 29.2 Å². The highest BCUT2D eigenvalue weighted by Gasteiger charge is 2.38. The molecule has 3 rings (SSSR count). The molecule has 0 bridgehead atoms. The van der Waals surface area contributed by atoms with Gasteiger partial charge in [-0.15, -0.1) is 6.58 Å². The number of rotatable bonds is 9. The van der Waals surface area contributed by atoms with Crippen molar-refractivity contribution in [3.8, 4) is 0 Å². The maximum atomic E-state index is 12.9. The number of hydrogen-bond acceptors (Lipinski definition) is 6. The van der Waals surface area contributed by atoms with Crippen molar-refractivity contribution in [2.75, 3.05) is 11.9 Å². The average Bonchev–Trinajstić information content (AvgIpc) is 3.04. The first-order valence-corrected chi connectivity index (χ1v) is 11.7. The SMILES string of the molecule is C=CCN1C(=O)C(CC(=O)Nc2ccc(C(C)=O)cc2)SC1=Nc1ccc(SC(F)F)cc1. The summed E-state index contributed by atoms with van der Waals surface area (Å²) in [6, 6.07) is 12.8. The van der Waals surface area contributed by atoms with Crippen molar-refractivity contribution in [1.29, 1.82) is 0 Å². The van der Waals surface area contributed by atoms with Crippen molar-refractivity contribution in [3.63, 3.8) is 0 Å². The molecule has 0 saturated carbocycles. The molecule has 6 nitrogen and oxygen atoms in total. The molecule has 0 aliphatic carbocycles. The molecule has 2 aromatic rings. The van der Waals surface area contributed by atoms with E-state index in [0.29, 0.717) is 38.8 Å². The lowest BCUT2D eigenvalue weighted by Crippen LogP contribution is -2.33. The molecule has 1 aliphatic heterocycles. The maximum Gasteiger partial charge on any atom is 0.288 e. The van der Waals surface area contributed by atoms with E-state index in [1.54, 1.807) is 42.5 Å². The van der Waals surface area contributed by atoms with Crippen LogP contribution in [0.25, 0.3) is 0 Å². The van der Waals surface area contributed by atoms with Crippen LogP contribution in [-0.2, 0) is 9.59 Å². The number of aliphatic imine (C=N–C) groups is 1. The van der Waals surface area contributed by atoms with Gasteiger partial charge in [0, 0.05) is 29.1 Å². The Hall–Kier alpha value is -2.98. The second kappa shape index (κ2) is 11.2. The molecule has 2 amide bonds. The topological polar surface area (TPSA) is 78.8 Å². The van der Waals surface area contributed by atoms with Crippen LogP contribution >= 0.6 is 23.5 Å².